The summed E-state index contributed by atoms with van der Waals surface area (Å²) in [4.78, 5) is 10.5. The van der Waals surface area contributed by atoms with E-state index >= 15 is 0 Å². The second kappa shape index (κ2) is 7.35. The molecule has 0 N–H and O–H groups in total. The molecular formula is C17H21N5O2. The second-order valence-electron chi connectivity index (χ2n) is 6.29. The first kappa shape index (κ1) is 16.3. The Balaban J connectivity index is 1.58. The monoisotopic (exact) mass is 327 g/mol. The van der Waals surface area contributed by atoms with Crippen LogP contribution in [0.15, 0.2) is 39.6 Å². The lowest BCUT2D eigenvalue weighted by atomic mass is 10.1. The molecule has 0 fully saturated rings. The van der Waals surface area contributed by atoms with Crippen LogP contribution in [-0.2, 0) is 19.5 Å². The Morgan fingerprint density at radius 3 is 2.62 bits per heavy atom. The van der Waals surface area contributed by atoms with Gasteiger partial charge in [-0.05, 0) is 25.1 Å². The largest absolute Gasteiger partial charge is 0.359 e. The Morgan fingerprint density at radius 2 is 1.88 bits per heavy atom. The maximum atomic E-state index is 5.41. The highest BCUT2D eigenvalue weighted by atomic mass is 16.5. The highest BCUT2D eigenvalue weighted by Crippen LogP contribution is 2.19. The van der Waals surface area contributed by atoms with Gasteiger partial charge in [0, 0.05) is 30.4 Å². The average Bonchev–Trinajstić information content (AvgIpc) is 3.17. The zero-order valence-corrected chi connectivity index (χ0v) is 14.1. The molecule has 7 nitrogen and oxygen atoms in total. The number of aromatic nitrogens is 4. The van der Waals surface area contributed by atoms with Crippen LogP contribution in [0, 0.1) is 5.92 Å². The van der Waals surface area contributed by atoms with Gasteiger partial charge < -0.3 is 9.05 Å². The highest BCUT2D eigenvalue weighted by molar-refractivity contribution is 5.57. The van der Waals surface area contributed by atoms with Crippen LogP contribution < -0.4 is 0 Å². The van der Waals surface area contributed by atoms with Crippen molar-refractivity contribution in [1.29, 1.82) is 0 Å². The first-order valence-electron chi connectivity index (χ1n) is 7.96. The van der Waals surface area contributed by atoms with Gasteiger partial charge in [-0.25, -0.2) is 0 Å². The van der Waals surface area contributed by atoms with E-state index in [4.69, 9.17) is 9.05 Å². The van der Waals surface area contributed by atoms with Gasteiger partial charge in [0.25, 0.3) is 0 Å². The van der Waals surface area contributed by atoms with Crippen molar-refractivity contribution in [3.05, 3.63) is 48.1 Å². The van der Waals surface area contributed by atoms with Crippen LogP contribution in [0.3, 0.4) is 0 Å². The van der Waals surface area contributed by atoms with E-state index in [1.165, 1.54) is 0 Å². The summed E-state index contributed by atoms with van der Waals surface area (Å²) in [6, 6.07) is 5.74. The van der Waals surface area contributed by atoms with Crippen molar-refractivity contribution in [2.24, 2.45) is 5.92 Å². The molecule has 3 aromatic rings. The van der Waals surface area contributed by atoms with Crippen LogP contribution >= 0.6 is 0 Å². The predicted molar refractivity (Wildman–Crippen MR) is 87.7 cm³/mol. The van der Waals surface area contributed by atoms with E-state index in [1.807, 2.05) is 30.1 Å². The molecule has 7 heteroatoms. The average molecular weight is 327 g/mol. The van der Waals surface area contributed by atoms with Gasteiger partial charge in [-0.3, -0.25) is 9.88 Å². The van der Waals surface area contributed by atoms with Crippen LogP contribution in [0.4, 0.5) is 0 Å². The molecule has 0 saturated heterocycles. The predicted octanol–water partition coefficient (Wildman–Crippen LogP) is 2.95. The second-order valence-corrected chi connectivity index (χ2v) is 6.29. The van der Waals surface area contributed by atoms with Crippen LogP contribution in [0.5, 0.6) is 0 Å². The van der Waals surface area contributed by atoms with Gasteiger partial charge in [0.1, 0.15) is 5.69 Å². The van der Waals surface area contributed by atoms with Crippen molar-refractivity contribution in [1.82, 2.24) is 25.2 Å². The van der Waals surface area contributed by atoms with Gasteiger partial charge in [0.05, 0.1) is 13.1 Å². The van der Waals surface area contributed by atoms with Crippen molar-refractivity contribution in [3.8, 4) is 11.3 Å². The summed E-state index contributed by atoms with van der Waals surface area (Å²) in [5, 5.41) is 8.11. The van der Waals surface area contributed by atoms with E-state index in [2.05, 4.69) is 34.1 Å². The van der Waals surface area contributed by atoms with Crippen LogP contribution in [-0.4, -0.2) is 32.2 Å². The summed E-state index contributed by atoms with van der Waals surface area (Å²) in [5.41, 5.74) is 1.79. The molecule has 24 heavy (non-hydrogen) atoms. The Morgan fingerprint density at radius 1 is 1.08 bits per heavy atom. The molecule has 3 heterocycles. The van der Waals surface area contributed by atoms with E-state index in [0.717, 1.165) is 29.3 Å². The number of hydrogen-bond acceptors (Lipinski definition) is 7. The lowest BCUT2D eigenvalue weighted by molar-refractivity contribution is 0.233. The standard InChI is InChI=1S/C17H21N5O2/c1-12(2)8-16-19-17(24-21-16)11-22(3)10-14-9-15(20-23-14)13-4-6-18-7-5-13/h4-7,9,12H,8,10-11H2,1-3H3. The van der Waals surface area contributed by atoms with Gasteiger partial charge in [-0.2, -0.15) is 4.98 Å². The van der Waals surface area contributed by atoms with Crippen LogP contribution in [0.25, 0.3) is 11.3 Å². The number of rotatable bonds is 7. The summed E-state index contributed by atoms with van der Waals surface area (Å²) in [5.74, 6) is 2.66. The summed E-state index contributed by atoms with van der Waals surface area (Å²) >= 11 is 0. The molecule has 0 atom stereocenters. The zero-order chi connectivity index (χ0) is 16.9. The lowest BCUT2D eigenvalue weighted by Gasteiger charge is -2.10. The SMILES string of the molecule is CC(C)Cc1noc(CN(C)Cc2cc(-c3ccncc3)no2)n1. The van der Waals surface area contributed by atoms with Crippen molar-refractivity contribution in [2.45, 2.75) is 33.4 Å². The highest BCUT2D eigenvalue weighted by Gasteiger charge is 2.13. The fourth-order valence-corrected chi connectivity index (χ4v) is 2.40. The smallest absolute Gasteiger partial charge is 0.240 e. The van der Waals surface area contributed by atoms with Crippen molar-refractivity contribution < 1.29 is 9.05 Å². The molecule has 0 bridgehead atoms. The molecular weight excluding hydrogens is 306 g/mol. The molecule has 3 rings (SSSR count). The third kappa shape index (κ3) is 4.26. The topological polar surface area (TPSA) is 81.1 Å². The number of pyridine rings is 1. The molecule has 0 aliphatic heterocycles. The minimum Gasteiger partial charge on any atom is -0.359 e. The Labute approximate surface area is 140 Å². The van der Waals surface area contributed by atoms with Gasteiger partial charge in [-0.15, -0.1) is 0 Å². The minimum absolute atomic E-state index is 0.508. The third-order valence-corrected chi connectivity index (χ3v) is 3.47. The van der Waals surface area contributed by atoms with Gasteiger partial charge in [-0.1, -0.05) is 24.2 Å². The zero-order valence-electron chi connectivity index (χ0n) is 14.1. The summed E-state index contributed by atoms with van der Waals surface area (Å²) in [6.07, 6.45) is 4.30. The quantitative estimate of drug-likeness (QED) is 0.660. The van der Waals surface area contributed by atoms with Gasteiger partial charge in [0.2, 0.25) is 5.89 Å². The molecule has 0 unspecified atom stereocenters. The van der Waals surface area contributed by atoms with Crippen molar-refractivity contribution in [3.63, 3.8) is 0 Å². The fraction of sp³-hybridized carbons (Fsp3) is 0.412. The molecule has 0 aliphatic carbocycles. The van der Waals surface area contributed by atoms with Crippen LogP contribution in [0.1, 0.15) is 31.3 Å². The number of hydrogen-bond donors (Lipinski definition) is 0. The van der Waals surface area contributed by atoms with Gasteiger partial charge in [0.15, 0.2) is 11.6 Å². The summed E-state index contributed by atoms with van der Waals surface area (Å²) in [7, 11) is 1.97. The maximum absolute atomic E-state index is 5.41. The normalized spacial score (nSPS) is 11.5. The molecule has 0 radical (unpaired) electrons. The van der Waals surface area contributed by atoms with E-state index in [-0.39, 0.29) is 0 Å². The molecule has 0 aliphatic rings. The molecule has 126 valence electrons. The van der Waals surface area contributed by atoms with Crippen molar-refractivity contribution >= 4 is 0 Å². The molecule has 0 aromatic carbocycles. The number of nitrogens with zero attached hydrogens (tertiary/aromatic N) is 5. The summed E-state index contributed by atoms with van der Waals surface area (Å²) < 4.78 is 10.7. The van der Waals surface area contributed by atoms with Crippen molar-refractivity contribution in [2.75, 3.05) is 7.05 Å². The van der Waals surface area contributed by atoms with E-state index < -0.39 is 0 Å². The Hall–Kier alpha value is -2.54. The van der Waals surface area contributed by atoms with E-state index in [1.54, 1.807) is 12.4 Å². The maximum Gasteiger partial charge on any atom is 0.240 e. The lowest BCUT2D eigenvalue weighted by Crippen LogP contribution is -2.17. The minimum atomic E-state index is 0.508. The Bertz CT molecular complexity index is 766. The first-order valence-corrected chi connectivity index (χ1v) is 7.96. The molecule has 3 aromatic heterocycles. The van der Waals surface area contributed by atoms with E-state index in [0.29, 0.717) is 24.9 Å². The fourth-order valence-electron chi connectivity index (χ4n) is 2.40. The Kier molecular flexibility index (Phi) is 5.00. The van der Waals surface area contributed by atoms with Gasteiger partial charge >= 0.3 is 0 Å². The first-order chi connectivity index (χ1) is 11.6. The van der Waals surface area contributed by atoms with Crippen LogP contribution in [0.2, 0.25) is 0 Å². The molecule has 0 amide bonds. The molecule has 0 saturated carbocycles. The molecule has 0 spiro atoms. The summed E-state index contributed by atoms with van der Waals surface area (Å²) in [6.45, 7) is 5.44. The van der Waals surface area contributed by atoms with E-state index in [9.17, 15) is 0 Å². The third-order valence-electron chi connectivity index (χ3n) is 3.47.